The summed E-state index contributed by atoms with van der Waals surface area (Å²) >= 11 is 1.50. The zero-order valence-electron chi connectivity index (χ0n) is 15.3. The van der Waals surface area contributed by atoms with Gasteiger partial charge in [-0.1, -0.05) is 37.5 Å². The average Bonchev–Trinajstić information content (AvgIpc) is 3.05. The third-order valence-electron chi connectivity index (χ3n) is 5.47. The predicted molar refractivity (Wildman–Crippen MR) is 104 cm³/mol. The molecule has 26 heavy (non-hydrogen) atoms. The number of anilines is 1. The lowest BCUT2D eigenvalue weighted by Gasteiger charge is -2.27. The molecule has 1 amide bonds. The number of fused-ring (bicyclic) bond motifs is 2. The van der Waals surface area contributed by atoms with Gasteiger partial charge in [-0.05, 0) is 31.6 Å². The zero-order valence-corrected chi connectivity index (χ0v) is 16.1. The summed E-state index contributed by atoms with van der Waals surface area (Å²) in [6.45, 7) is 3.38. The molecule has 0 radical (unpaired) electrons. The Morgan fingerprint density at radius 2 is 1.92 bits per heavy atom. The molecule has 1 aliphatic heterocycles. The van der Waals surface area contributed by atoms with Gasteiger partial charge in [-0.3, -0.25) is 4.79 Å². The first-order valence-corrected chi connectivity index (χ1v) is 10.6. The number of nitrogens with one attached hydrogen (secondary N) is 1. The summed E-state index contributed by atoms with van der Waals surface area (Å²) in [4.78, 5) is 17.2. The minimum absolute atomic E-state index is 0.121. The Morgan fingerprint density at radius 1 is 1.19 bits per heavy atom. The number of hydrogen-bond donors (Lipinski definition) is 1. The molecule has 1 aromatic carbocycles. The molecule has 1 aromatic heterocycles. The maximum absolute atomic E-state index is 12.6. The van der Waals surface area contributed by atoms with Crippen molar-refractivity contribution >= 4 is 32.6 Å². The van der Waals surface area contributed by atoms with Gasteiger partial charge in [0.2, 0.25) is 5.91 Å². The van der Waals surface area contributed by atoms with Crippen molar-refractivity contribution in [3.05, 3.63) is 12.1 Å². The molecule has 1 aliphatic carbocycles. The van der Waals surface area contributed by atoms with Crippen LogP contribution in [0.15, 0.2) is 12.1 Å². The van der Waals surface area contributed by atoms with Crippen LogP contribution in [0.1, 0.15) is 51.9 Å². The highest BCUT2D eigenvalue weighted by Crippen LogP contribution is 2.38. The van der Waals surface area contributed by atoms with Crippen molar-refractivity contribution in [2.45, 2.75) is 51.9 Å². The fourth-order valence-electron chi connectivity index (χ4n) is 3.93. The maximum atomic E-state index is 12.6. The summed E-state index contributed by atoms with van der Waals surface area (Å²) in [5, 5.41) is 3.70. The van der Waals surface area contributed by atoms with Crippen LogP contribution in [0.5, 0.6) is 11.5 Å². The number of ether oxygens (including phenoxy) is 2. The predicted octanol–water partition coefficient (Wildman–Crippen LogP) is 5.00. The van der Waals surface area contributed by atoms with Gasteiger partial charge < -0.3 is 14.8 Å². The number of nitrogens with zero attached hydrogens (tertiary/aromatic N) is 1. The first-order valence-electron chi connectivity index (χ1n) is 9.74. The van der Waals surface area contributed by atoms with Gasteiger partial charge in [0.1, 0.15) is 13.2 Å². The van der Waals surface area contributed by atoms with Crippen LogP contribution in [-0.2, 0) is 4.79 Å². The standard InChI is InChI=1S/C20H26N2O3S/c1-2-3-4-13-5-7-14(8-6-13)19(23)22-20-21-15-11-16-17(12-18(15)26-20)25-10-9-24-16/h11-14H,2-10H2,1H3,(H,21,22,23). The van der Waals surface area contributed by atoms with E-state index in [0.717, 1.165) is 40.5 Å². The van der Waals surface area contributed by atoms with Gasteiger partial charge in [0.25, 0.3) is 0 Å². The summed E-state index contributed by atoms with van der Waals surface area (Å²) in [5.41, 5.74) is 0.845. The number of benzene rings is 1. The average molecular weight is 375 g/mol. The fourth-order valence-corrected chi connectivity index (χ4v) is 4.81. The Kier molecular flexibility index (Phi) is 5.29. The summed E-state index contributed by atoms with van der Waals surface area (Å²) in [7, 11) is 0. The Morgan fingerprint density at radius 3 is 2.65 bits per heavy atom. The highest BCUT2D eigenvalue weighted by atomic mass is 32.1. The topological polar surface area (TPSA) is 60.5 Å². The van der Waals surface area contributed by atoms with Crippen molar-refractivity contribution in [3.8, 4) is 11.5 Å². The second-order valence-corrected chi connectivity index (χ2v) is 8.36. The Balaban J connectivity index is 1.38. The largest absolute Gasteiger partial charge is 0.486 e. The molecule has 0 atom stereocenters. The molecule has 6 heteroatoms. The smallest absolute Gasteiger partial charge is 0.229 e. The van der Waals surface area contributed by atoms with E-state index in [-0.39, 0.29) is 11.8 Å². The number of amides is 1. The number of hydrogen-bond acceptors (Lipinski definition) is 5. The fraction of sp³-hybridized carbons (Fsp3) is 0.600. The van der Waals surface area contributed by atoms with Gasteiger partial charge in [-0.25, -0.2) is 4.98 Å². The summed E-state index contributed by atoms with van der Waals surface area (Å²) in [5.74, 6) is 2.55. The van der Waals surface area contributed by atoms with Crippen LogP contribution in [0.25, 0.3) is 10.2 Å². The lowest BCUT2D eigenvalue weighted by Crippen LogP contribution is -2.27. The van der Waals surface area contributed by atoms with Crippen LogP contribution >= 0.6 is 11.3 Å². The van der Waals surface area contributed by atoms with Gasteiger partial charge in [0.05, 0.1) is 10.2 Å². The van der Waals surface area contributed by atoms with Crippen molar-refractivity contribution in [1.82, 2.24) is 4.98 Å². The minimum Gasteiger partial charge on any atom is -0.486 e. The first kappa shape index (κ1) is 17.6. The summed E-state index contributed by atoms with van der Waals surface area (Å²) in [6.07, 6.45) is 8.25. The van der Waals surface area contributed by atoms with Crippen LogP contribution in [0.2, 0.25) is 0 Å². The summed E-state index contributed by atoms with van der Waals surface area (Å²) in [6, 6.07) is 3.85. The number of carbonyl (C=O) groups excluding carboxylic acids is 1. The van der Waals surface area contributed by atoms with E-state index in [0.29, 0.717) is 18.3 Å². The Bertz CT molecular complexity index is 738. The first-order chi connectivity index (χ1) is 12.7. The van der Waals surface area contributed by atoms with Crippen LogP contribution in [0.4, 0.5) is 5.13 Å². The second kappa shape index (κ2) is 7.82. The SMILES string of the molecule is CCCCC1CCC(C(=O)Nc2nc3cc4c(cc3s2)OCCO4)CC1. The number of aromatic nitrogens is 1. The van der Waals surface area contributed by atoms with E-state index >= 15 is 0 Å². The molecule has 2 heterocycles. The van der Waals surface area contributed by atoms with Gasteiger partial charge in [0.15, 0.2) is 16.6 Å². The highest BCUT2D eigenvalue weighted by molar-refractivity contribution is 7.22. The minimum atomic E-state index is 0.121. The number of thiazole rings is 1. The number of unbranched alkanes of at least 4 members (excludes halogenated alkanes) is 1. The van der Waals surface area contributed by atoms with E-state index < -0.39 is 0 Å². The van der Waals surface area contributed by atoms with Gasteiger partial charge in [-0.15, -0.1) is 0 Å². The van der Waals surface area contributed by atoms with Gasteiger partial charge >= 0.3 is 0 Å². The van der Waals surface area contributed by atoms with Crippen LogP contribution in [0, 0.1) is 11.8 Å². The quantitative estimate of drug-likeness (QED) is 0.800. The molecule has 2 aliphatic rings. The Hall–Kier alpha value is -1.82. The molecule has 2 aromatic rings. The lowest BCUT2D eigenvalue weighted by molar-refractivity contribution is -0.121. The molecule has 1 fully saturated rings. The van der Waals surface area contributed by atoms with Crippen molar-refractivity contribution < 1.29 is 14.3 Å². The molecule has 0 bridgehead atoms. The normalized spacial score (nSPS) is 22.3. The molecule has 0 unspecified atom stereocenters. The van der Waals surface area contributed by atoms with Crippen molar-refractivity contribution in [2.75, 3.05) is 18.5 Å². The van der Waals surface area contributed by atoms with E-state index in [9.17, 15) is 4.79 Å². The second-order valence-electron chi connectivity index (χ2n) is 7.33. The molecule has 5 nitrogen and oxygen atoms in total. The van der Waals surface area contributed by atoms with Crippen molar-refractivity contribution in [1.29, 1.82) is 0 Å². The third-order valence-corrected chi connectivity index (χ3v) is 6.40. The van der Waals surface area contributed by atoms with Crippen LogP contribution < -0.4 is 14.8 Å². The Labute approximate surface area is 158 Å². The van der Waals surface area contributed by atoms with E-state index in [2.05, 4.69) is 17.2 Å². The highest BCUT2D eigenvalue weighted by Gasteiger charge is 2.26. The van der Waals surface area contributed by atoms with Gasteiger partial charge in [0, 0.05) is 18.1 Å². The number of rotatable bonds is 5. The third kappa shape index (κ3) is 3.80. The van der Waals surface area contributed by atoms with Crippen molar-refractivity contribution in [2.24, 2.45) is 11.8 Å². The number of carbonyl (C=O) groups is 1. The van der Waals surface area contributed by atoms with Crippen LogP contribution in [-0.4, -0.2) is 24.1 Å². The van der Waals surface area contributed by atoms with Gasteiger partial charge in [-0.2, -0.15) is 0 Å². The molecule has 1 saturated carbocycles. The van der Waals surface area contributed by atoms with E-state index in [1.807, 2.05) is 12.1 Å². The maximum Gasteiger partial charge on any atom is 0.229 e. The summed E-state index contributed by atoms with van der Waals surface area (Å²) < 4.78 is 12.2. The molecule has 140 valence electrons. The van der Waals surface area contributed by atoms with Crippen molar-refractivity contribution in [3.63, 3.8) is 0 Å². The monoisotopic (exact) mass is 374 g/mol. The molecule has 0 spiro atoms. The van der Waals surface area contributed by atoms with E-state index in [1.165, 1.54) is 43.4 Å². The lowest BCUT2D eigenvalue weighted by atomic mass is 9.79. The van der Waals surface area contributed by atoms with E-state index in [1.54, 1.807) is 0 Å². The molecule has 4 rings (SSSR count). The molecular weight excluding hydrogens is 348 g/mol. The molecular formula is C20H26N2O3S. The zero-order chi connectivity index (χ0) is 17.9. The van der Waals surface area contributed by atoms with Crippen LogP contribution in [0.3, 0.4) is 0 Å². The molecule has 0 saturated heterocycles. The van der Waals surface area contributed by atoms with E-state index in [4.69, 9.17) is 9.47 Å². The molecule has 1 N–H and O–H groups in total.